The van der Waals surface area contributed by atoms with Gasteiger partial charge in [-0.25, -0.2) is 0 Å². The maximum Gasteiger partial charge on any atom is 0.267 e. The van der Waals surface area contributed by atoms with Gasteiger partial charge in [0.1, 0.15) is 5.75 Å². The molecule has 128 valence electrons. The first kappa shape index (κ1) is 16.5. The van der Waals surface area contributed by atoms with E-state index in [1.54, 1.807) is 50.4 Å². The number of nitrogens with two attached hydrogens (primary N) is 1. The number of amides is 3. The number of hydrogen-bond acceptors (Lipinski definition) is 4. The highest BCUT2D eigenvalue weighted by atomic mass is 16.5. The molecule has 2 aromatic carbocycles. The van der Waals surface area contributed by atoms with Gasteiger partial charge in [0.05, 0.1) is 16.9 Å². The molecule has 25 heavy (non-hydrogen) atoms. The van der Waals surface area contributed by atoms with Gasteiger partial charge >= 0.3 is 0 Å². The van der Waals surface area contributed by atoms with Crippen LogP contribution in [-0.2, 0) is 4.79 Å². The summed E-state index contributed by atoms with van der Waals surface area (Å²) < 4.78 is 5.57. The van der Waals surface area contributed by atoms with Gasteiger partial charge in [-0.05, 0) is 37.3 Å². The second-order valence-electron chi connectivity index (χ2n) is 5.70. The van der Waals surface area contributed by atoms with Crippen LogP contribution in [0.3, 0.4) is 0 Å². The maximum atomic E-state index is 12.5. The summed E-state index contributed by atoms with van der Waals surface area (Å²) in [6.07, 6.45) is -0.619. The molecular weight excluding hydrogens is 322 g/mol. The molecular formula is C18H17N3O4. The lowest BCUT2D eigenvalue weighted by Crippen LogP contribution is -2.42. The Morgan fingerprint density at radius 3 is 2.64 bits per heavy atom. The van der Waals surface area contributed by atoms with E-state index in [9.17, 15) is 14.4 Å². The van der Waals surface area contributed by atoms with Crippen molar-refractivity contribution in [1.29, 1.82) is 0 Å². The number of nitrogens with one attached hydrogen (secondary N) is 1. The fourth-order valence-corrected chi connectivity index (χ4v) is 2.66. The van der Waals surface area contributed by atoms with Crippen LogP contribution in [0.15, 0.2) is 42.5 Å². The summed E-state index contributed by atoms with van der Waals surface area (Å²) in [5, 5.41) is 2.67. The molecule has 7 nitrogen and oxygen atoms in total. The number of rotatable bonds is 3. The first-order valence-corrected chi connectivity index (χ1v) is 7.67. The molecule has 0 fully saturated rings. The number of carbonyl (C=O) groups excluding carboxylic acids is 3. The van der Waals surface area contributed by atoms with Gasteiger partial charge < -0.3 is 20.7 Å². The molecule has 0 bridgehead atoms. The topological polar surface area (TPSA) is 102 Å². The van der Waals surface area contributed by atoms with Crippen molar-refractivity contribution in [2.45, 2.75) is 13.0 Å². The van der Waals surface area contributed by atoms with Crippen LogP contribution >= 0.6 is 0 Å². The third-order valence-corrected chi connectivity index (χ3v) is 4.01. The Hall–Kier alpha value is -3.35. The molecule has 3 rings (SSSR count). The Balaban J connectivity index is 1.89. The molecule has 0 saturated carbocycles. The van der Waals surface area contributed by atoms with Crippen molar-refractivity contribution in [3.05, 3.63) is 53.6 Å². The highest BCUT2D eigenvalue weighted by Gasteiger charge is 2.29. The number of fused-ring (bicyclic) bond motifs is 1. The van der Waals surface area contributed by atoms with Crippen LogP contribution in [0.25, 0.3) is 0 Å². The lowest BCUT2D eigenvalue weighted by atomic mass is 10.1. The quantitative estimate of drug-likeness (QED) is 0.890. The van der Waals surface area contributed by atoms with Gasteiger partial charge in [-0.1, -0.05) is 12.1 Å². The van der Waals surface area contributed by atoms with Crippen LogP contribution < -0.4 is 20.7 Å². The van der Waals surface area contributed by atoms with Gasteiger partial charge in [0.2, 0.25) is 0 Å². The number of benzene rings is 2. The Morgan fingerprint density at radius 2 is 1.92 bits per heavy atom. The predicted octanol–water partition coefficient (Wildman–Crippen LogP) is 1.78. The number of carbonyl (C=O) groups is 3. The highest BCUT2D eigenvalue weighted by molar-refractivity contribution is 6.09. The summed E-state index contributed by atoms with van der Waals surface area (Å²) in [5.74, 6) is -0.739. The standard InChI is InChI=1S/C18H17N3O4/c1-10-18(24)21(2)14-8-7-11(9-15(14)25-10)17(23)20-13-6-4-3-5-12(13)16(19)22/h3-10H,1-2H3,(H2,19,22)(H,20,23). The van der Waals surface area contributed by atoms with E-state index in [1.807, 2.05) is 0 Å². The first-order chi connectivity index (χ1) is 11.9. The van der Waals surface area contributed by atoms with Gasteiger partial charge in [0.25, 0.3) is 17.7 Å². The molecule has 1 unspecified atom stereocenters. The molecule has 2 aromatic rings. The van der Waals surface area contributed by atoms with Gasteiger partial charge in [-0.2, -0.15) is 0 Å². The minimum atomic E-state index is -0.626. The summed E-state index contributed by atoms with van der Waals surface area (Å²) in [7, 11) is 1.66. The van der Waals surface area contributed by atoms with E-state index in [0.717, 1.165) is 0 Å². The van der Waals surface area contributed by atoms with Crippen LogP contribution in [0.4, 0.5) is 11.4 Å². The number of anilines is 2. The Kier molecular flexibility index (Phi) is 4.14. The summed E-state index contributed by atoms with van der Waals surface area (Å²) >= 11 is 0. The summed E-state index contributed by atoms with van der Waals surface area (Å²) in [5.41, 5.74) is 6.81. The smallest absolute Gasteiger partial charge is 0.267 e. The number of nitrogens with zero attached hydrogens (tertiary/aromatic N) is 1. The Labute approximate surface area is 144 Å². The second-order valence-corrected chi connectivity index (χ2v) is 5.70. The zero-order valence-electron chi connectivity index (χ0n) is 13.8. The normalized spacial score (nSPS) is 16.0. The molecule has 1 heterocycles. The van der Waals surface area contributed by atoms with E-state index in [4.69, 9.17) is 10.5 Å². The number of para-hydroxylation sites is 1. The van der Waals surface area contributed by atoms with E-state index >= 15 is 0 Å². The van der Waals surface area contributed by atoms with Crippen LogP contribution in [0.1, 0.15) is 27.6 Å². The first-order valence-electron chi connectivity index (χ1n) is 7.67. The number of ether oxygens (including phenoxy) is 1. The fourth-order valence-electron chi connectivity index (χ4n) is 2.66. The third kappa shape index (κ3) is 3.03. The molecule has 1 aliphatic heterocycles. The minimum Gasteiger partial charge on any atom is -0.479 e. The van der Waals surface area contributed by atoms with Crippen molar-refractivity contribution in [1.82, 2.24) is 0 Å². The van der Waals surface area contributed by atoms with E-state index < -0.39 is 17.9 Å². The molecule has 7 heteroatoms. The molecule has 0 aliphatic carbocycles. The largest absolute Gasteiger partial charge is 0.479 e. The van der Waals surface area contributed by atoms with Crippen LogP contribution in [-0.4, -0.2) is 30.9 Å². The highest BCUT2D eigenvalue weighted by Crippen LogP contribution is 2.34. The monoisotopic (exact) mass is 339 g/mol. The van der Waals surface area contributed by atoms with E-state index in [1.165, 1.54) is 11.0 Å². The Morgan fingerprint density at radius 1 is 1.20 bits per heavy atom. The Bertz CT molecular complexity index is 878. The number of hydrogen-bond donors (Lipinski definition) is 2. The van der Waals surface area contributed by atoms with Crippen molar-refractivity contribution in [2.24, 2.45) is 5.73 Å². The van der Waals surface area contributed by atoms with Gasteiger partial charge in [-0.3, -0.25) is 14.4 Å². The lowest BCUT2D eigenvalue weighted by Gasteiger charge is -2.30. The van der Waals surface area contributed by atoms with Gasteiger partial charge in [0.15, 0.2) is 6.10 Å². The van der Waals surface area contributed by atoms with E-state index in [-0.39, 0.29) is 11.5 Å². The van der Waals surface area contributed by atoms with Crippen LogP contribution in [0.5, 0.6) is 5.75 Å². The maximum absolute atomic E-state index is 12.5. The van der Waals surface area contributed by atoms with Crippen molar-refractivity contribution >= 4 is 29.1 Å². The van der Waals surface area contributed by atoms with E-state index in [0.29, 0.717) is 22.7 Å². The van der Waals surface area contributed by atoms with Crippen LogP contribution in [0, 0.1) is 0 Å². The van der Waals surface area contributed by atoms with Crippen LogP contribution in [0.2, 0.25) is 0 Å². The molecule has 3 amide bonds. The average Bonchev–Trinajstić information content (AvgIpc) is 2.59. The molecule has 1 atom stereocenters. The summed E-state index contributed by atoms with van der Waals surface area (Å²) in [4.78, 5) is 37.4. The fraction of sp³-hybridized carbons (Fsp3) is 0.167. The molecule has 3 N–H and O–H groups in total. The van der Waals surface area contributed by atoms with Crippen molar-refractivity contribution in [2.75, 3.05) is 17.3 Å². The average molecular weight is 339 g/mol. The summed E-state index contributed by atoms with van der Waals surface area (Å²) in [6.45, 7) is 1.65. The van der Waals surface area contributed by atoms with Crippen molar-refractivity contribution in [3.8, 4) is 5.75 Å². The zero-order valence-corrected chi connectivity index (χ0v) is 13.8. The molecule has 0 aromatic heterocycles. The lowest BCUT2D eigenvalue weighted by molar-refractivity contribution is -0.125. The van der Waals surface area contributed by atoms with Crippen molar-refractivity contribution in [3.63, 3.8) is 0 Å². The molecule has 1 aliphatic rings. The molecule has 0 radical (unpaired) electrons. The van der Waals surface area contributed by atoms with E-state index in [2.05, 4.69) is 5.32 Å². The molecule has 0 saturated heterocycles. The van der Waals surface area contributed by atoms with Gasteiger partial charge in [-0.15, -0.1) is 0 Å². The SMILES string of the molecule is CC1Oc2cc(C(=O)Nc3ccccc3C(N)=O)ccc2N(C)C1=O. The third-order valence-electron chi connectivity index (χ3n) is 4.01. The molecule has 0 spiro atoms. The number of primary amides is 1. The summed E-state index contributed by atoms with van der Waals surface area (Å²) in [6, 6.07) is 11.3. The minimum absolute atomic E-state index is 0.153. The van der Waals surface area contributed by atoms with Gasteiger partial charge in [0, 0.05) is 12.6 Å². The predicted molar refractivity (Wildman–Crippen MR) is 92.9 cm³/mol. The van der Waals surface area contributed by atoms with Crippen molar-refractivity contribution < 1.29 is 19.1 Å². The zero-order chi connectivity index (χ0) is 18.1. The number of likely N-dealkylation sites (N-methyl/N-ethyl adjacent to an activating group) is 1. The second kappa shape index (κ2) is 6.27.